The lowest BCUT2D eigenvalue weighted by molar-refractivity contribution is -0.440. The Morgan fingerprint density at radius 1 is 0.667 bits per heavy atom. The number of esters is 1. The van der Waals surface area contributed by atoms with Gasteiger partial charge in [0, 0.05) is 6.42 Å². The molecule has 30 heavy (non-hydrogen) atoms. The number of hydrogen-bond acceptors (Lipinski definition) is 3. The van der Waals surface area contributed by atoms with Gasteiger partial charge in [-0.25, -0.2) is 4.79 Å². The van der Waals surface area contributed by atoms with Gasteiger partial charge in [0.05, 0.1) is 6.61 Å². The fourth-order valence-corrected chi connectivity index (χ4v) is 1.69. The predicted octanol–water partition coefficient (Wildman–Crippen LogP) is 5.47. The molecule has 0 aliphatic carbocycles. The highest BCUT2D eigenvalue weighted by atomic mass is 19.4. The quantitative estimate of drug-likeness (QED) is 0.251. The SMILES string of the molecule is CC(C)(C)OC(=O)COCCC(F)(F)C(F)(F)C(F)(F)C(F)(F)C(F)(F)C(F)(F)F. The molecular weight excluding hydrogens is 463 g/mol. The molecule has 0 heterocycles. The third kappa shape index (κ3) is 5.41. The minimum atomic E-state index is -7.94. The van der Waals surface area contributed by atoms with E-state index in [1.54, 1.807) is 0 Å². The van der Waals surface area contributed by atoms with Gasteiger partial charge in [0.1, 0.15) is 12.2 Å². The second-order valence-electron chi connectivity index (χ2n) is 6.89. The zero-order chi connectivity index (χ0) is 24.6. The zero-order valence-electron chi connectivity index (χ0n) is 15.3. The topological polar surface area (TPSA) is 35.5 Å². The highest BCUT2D eigenvalue weighted by Crippen LogP contribution is 2.60. The summed E-state index contributed by atoms with van der Waals surface area (Å²) in [6.45, 7) is 1.24. The average molecular weight is 478 g/mol. The van der Waals surface area contributed by atoms with Crippen molar-refractivity contribution in [2.45, 2.75) is 68.6 Å². The Morgan fingerprint density at radius 2 is 1.07 bits per heavy atom. The first kappa shape index (κ1) is 28.5. The van der Waals surface area contributed by atoms with Crippen LogP contribution in [0, 0.1) is 0 Å². The van der Waals surface area contributed by atoms with E-state index in [-0.39, 0.29) is 0 Å². The van der Waals surface area contributed by atoms with Gasteiger partial charge in [0.2, 0.25) is 0 Å². The van der Waals surface area contributed by atoms with Crippen molar-refractivity contribution in [3.63, 3.8) is 0 Å². The number of carbonyl (C=O) groups excluding carboxylic acids is 1. The molecule has 0 aromatic rings. The average Bonchev–Trinajstić information content (AvgIpc) is 2.47. The van der Waals surface area contributed by atoms with Crippen LogP contribution in [0.5, 0.6) is 0 Å². The molecule has 0 atom stereocenters. The summed E-state index contributed by atoms with van der Waals surface area (Å²) in [7, 11) is 0. The molecule has 0 radical (unpaired) electrons. The third-order valence-corrected chi connectivity index (χ3v) is 3.20. The van der Waals surface area contributed by atoms with E-state index in [0.29, 0.717) is 0 Å². The largest absolute Gasteiger partial charge is 0.460 e. The number of alkyl halides is 13. The van der Waals surface area contributed by atoms with Crippen LogP contribution < -0.4 is 0 Å². The molecule has 0 fully saturated rings. The highest BCUT2D eigenvalue weighted by molar-refractivity contribution is 5.71. The van der Waals surface area contributed by atoms with Crippen molar-refractivity contribution in [2.75, 3.05) is 13.2 Å². The summed E-state index contributed by atoms with van der Waals surface area (Å²) in [5.74, 6) is -38.4. The number of rotatable bonds is 9. The van der Waals surface area contributed by atoms with Crippen LogP contribution >= 0.6 is 0 Å². The lowest BCUT2D eigenvalue weighted by Gasteiger charge is -2.39. The lowest BCUT2D eigenvalue weighted by Crippen LogP contribution is -2.70. The van der Waals surface area contributed by atoms with Crippen molar-refractivity contribution >= 4 is 5.97 Å². The lowest BCUT2D eigenvalue weighted by atomic mass is 9.93. The van der Waals surface area contributed by atoms with Crippen LogP contribution in [0.3, 0.4) is 0 Å². The maximum absolute atomic E-state index is 13.4. The summed E-state index contributed by atoms with van der Waals surface area (Å²) in [5.41, 5.74) is -1.09. The molecule has 180 valence electrons. The molecule has 0 amide bonds. The Morgan fingerprint density at radius 3 is 1.43 bits per heavy atom. The Labute approximate surface area is 160 Å². The zero-order valence-corrected chi connectivity index (χ0v) is 15.3. The van der Waals surface area contributed by atoms with Gasteiger partial charge in [-0.05, 0) is 20.8 Å². The minimum absolute atomic E-state index is 1.09. The van der Waals surface area contributed by atoms with E-state index < -0.39 is 67.0 Å². The van der Waals surface area contributed by atoms with Crippen LogP contribution in [0.1, 0.15) is 27.2 Å². The monoisotopic (exact) mass is 478 g/mol. The molecule has 0 N–H and O–H groups in total. The van der Waals surface area contributed by atoms with Crippen molar-refractivity contribution in [3.05, 3.63) is 0 Å². The maximum atomic E-state index is 13.4. The van der Waals surface area contributed by atoms with Gasteiger partial charge >= 0.3 is 41.8 Å². The van der Waals surface area contributed by atoms with E-state index in [9.17, 15) is 61.9 Å². The van der Waals surface area contributed by atoms with E-state index in [2.05, 4.69) is 9.47 Å². The van der Waals surface area contributed by atoms with Gasteiger partial charge in [-0.1, -0.05) is 0 Å². The summed E-state index contributed by atoms with van der Waals surface area (Å²) < 4.78 is 176. The van der Waals surface area contributed by atoms with Crippen LogP contribution in [0.4, 0.5) is 57.1 Å². The molecule has 0 spiro atoms. The molecule has 0 unspecified atom stereocenters. The molecule has 0 aromatic carbocycles. The van der Waals surface area contributed by atoms with Crippen molar-refractivity contribution in [2.24, 2.45) is 0 Å². The summed E-state index contributed by atoms with van der Waals surface area (Å²) in [6.07, 6.45) is -9.99. The number of hydrogen-bond donors (Lipinski definition) is 0. The summed E-state index contributed by atoms with van der Waals surface area (Å²) in [5, 5.41) is 0. The molecule has 0 aromatic heterocycles. The van der Waals surface area contributed by atoms with Gasteiger partial charge in [0.15, 0.2) is 0 Å². The Bertz CT molecular complexity index is 605. The van der Waals surface area contributed by atoms with Gasteiger partial charge in [-0.2, -0.15) is 57.1 Å². The fourth-order valence-electron chi connectivity index (χ4n) is 1.69. The van der Waals surface area contributed by atoms with E-state index in [0.717, 1.165) is 0 Å². The van der Waals surface area contributed by atoms with Crippen molar-refractivity contribution < 1.29 is 71.3 Å². The maximum Gasteiger partial charge on any atom is 0.460 e. The second-order valence-corrected chi connectivity index (χ2v) is 6.89. The van der Waals surface area contributed by atoms with Gasteiger partial charge in [0.25, 0.3) is 0 Å². The molecule has 0 saturated heterocycles. The third-order valence-electron chi connectivity index (χ3n) is 3.20. The van der Waals surface area contributed by atoms with Crippen molar-refractivity contribution in [1.82, 2.24) is 0 Å². The summed E-state index contributed by atoms with van der Waals surface area (Å²) in [4.78, 5) is 11.2. The predicted molar refractivity (Wildman–Crippen MR) is 72.1 cm³/mol. The van der Waals surface area contributed by atoms with Crippen LogP contribution in [0.2, 0.25) is 0 Å². The van der Waals surface area contributed by atoms with Gasteiger partial charge in [-0.15, -0.1) is 0 Å². The molecule has 0 rings (SSSR count). The van der Waals surface area contributed by atoms with Crippen LogP contribution in [0.15, 0.2) is 0 Å². The molecule has 16 heteroatoms. The Kier molecular flexibility index (Phi) is 7.82. The van der Waals surface area contributed by atoms with E-state index in [1.807, 2.05) is 0 Å². The Balaban J connectivity index is 5.45. The minimum Gasteiger partial charge on any atom is -0.458 e. The highest BCUT2D eigenvalue weighted by Gasteiger charge is 2.90. The van der Waals surface area contributed by atoms with Crippen LogP contribution in [0.25, 0.3) is 0 Å². The normalized spacial score (nSPS) is 15.3. The van der Waals surface area contributed by atoms with Crippen molar-refractivity contribution in [3.8, 4) is 0 Å². The first-order chi connectivity index (χ1) is 12.9. The van der Waals surface area contributed by atoms with E-state index in [1.165, 1.54) is 20.8 Å². The molecule has 0 saturated carbocycles. The fraction of sp³-hybridized carbons (Fsp3) is 0.929. The molecule has 0 aliphatic heterocycles. The first-order valence-electron chi connectivity index (χ1n) is 7.60. The number of halogens is 13. The van der Waals surface area contributed by atoms with E-state index >= 15 is 0 Å². The molecular formula is C14H15F13O3. The summed E-state index contributed by atoms with van der Waals surface area (Å²) in [6, 6.07) is 0. The number of ether oxygens (including phenoxy) is 2. The second kappa shape index (κ2) is 8.22. The van der Waals surface area contributed by atoms with Gasteiger partial charge in [-0.3, -0.25) is 0 Å². The number of carbonyl (C=O) groups is 1. The molecule has 0 bridgehead atoms. The molecule has 0 aliphatic rings. The van der Waals surface area contributed by atoms with Crippen LogP contribution in [-0.2, 0) is 14.3 Å². The first-order valence-corrected chi connectivity index (χ1v) is 7.60. The molecule has 3 nitrogen and oxygen atoms in total. The van der Waals surface area contributed by atoms with Crippen LogP contribution in [-0.4, -0.2) is 60.6 Å². The summed E-state index contributed by atoms with van der Waals surface area (Å²) >= 11 is 0. The standard InChI is InChI=1S/C14H15F13O3/c1-8(2,3)30-7(28)6-29-5-4-9(15,16)10(17,18)11(19,20)12(21,22)13(23,24)14(25,26)27/h4-6H2,1-3H3. The Hall–Kier alpha value is -1.48. The smallest absolute Gasteiger partial charge is 0.458 e. The van der Waals surface area contributed by atoms with Crippen molar-refractivity contribution in [1.29, 1.82) is 0 Å². The van der Waals surface area contributed by atoms with Gasteiger partial charge < -0.3 is 9.47 Å². The van der Waals surface area contributed by atoms with E-state index in [4.69, 9.17) is 0 Å².